The quantitative estimate of drug-likeness (QED) is 0.776. The van der Waals surface area contributed by atoms with Crippen LogP contribution in [0.3, 0.4) is 0 Å². The number of aromatic nitrogens is 3. The first-order valence-electron chi connectivity index (χ1n) is 10.0. The number of rotatable bonds is 6. The third-order valence-corrected chi connectivity index (χ3v) is 7.18. The van der Waals surface area contributed by atoms with Crippen LogP contribution in [0, 0.1) is 11.3 Å². The fourth-order valence-corrected chi connectivity index (χ4v) is 5.29. The number of ether oxygens (including phenoxy) is 1. The first kappa shape index (κ1) is 18.2. The molecule has 8 heteroatoms. The van der Waals surface area contributed by atoms with Crippen LogP contribution in [0.5, 0.6) is 0 Å². The Kier molecular flexibility index (Phi) is 4.28. The van der Waals surface area contributed by atoms with Crippen LogP contribution in [0.4, 0.5) is 0 Å². The summed E-state index contributed by atoms with van der Waals surface area (Å²) in [5.41, 5.74) is 1.48. The Balaban J connectivity index is 1.45. The smallest absolute Gasteiger partial charge is 0.312 e. The number of carboxylic acids is 1. The summed E-state index contributed by atoms with van der Waals surface area (Å²) in [7, 11) is 1.82. The lowest BCUT2D eigenvalue weighted by atomic mass is 9.59. The number of nitrogens with zero attached hydrogens (tertiary/aromatic N) is 3. The van der Waals surface area contributed by atoms with Gasteiger partial charge in [-0.15, -0.1) is 0 Å². The zero-order valence-electron chi connectivity index (χ0n) is 15.9. The summed E-state index contributed by atoms with van der Waals surface area (Å²) in [6.45, 7) is 0.290. The maximum atomic E-state index is 12.1. The number of hydrogen-bond donors (Lipinski definition) is 1. The highest BCUT2D eigenvalue weighted by molar-refractivity contribution is 6.33. The topological polar surface area (TPSA) is 90.4 Å². The zero-order valence-corrected chi connectivity index (χ0v) is 16.6. The van der Waals surface area contributed by atoms with Gasteiger partial charge in [-0.3, -0.25) is 9.48 Å². The van der Waals surface area contributed by atoms with Crippen LogP contribution >= 0.6 is 11.6 Å². The van der Waals surface area contributed by atoms with Crippen LogP contribution in [0.2, 0.25) is 5.02 Å². The van der Waals surface area contributed by atoms with E-state index in [1.165, 1.54) is 0 Å². The van der Waals surface area contributed by atoms with Crippen molar-refractivity contribution in [2.24, 2.45) is 18.4 Å². The van der Waals surface area contributed by atoms with Gasteiger partial charge in [0.05, 0.1) is 34.9 Å². The number of aliphatic carboxylic acids is 1. The van der Waals surface area contributed by atoms with Gasteiger partial charge in [-0.05, 0) is 50.9 Å². The Morgan fingerprint density at radius 1 is 1.39 bits per heavy atom. The highest BCUT2D eigenvalue weighted by atomic mass is 35.5. The van der Waals surface area contributed by atoms with Gasteiger partial charge in [0.1, 0.15) is 17.1 Å². The third kappa shape index (κ3) is 2.78. The molecule has 2 heterocycles. The predicted octanol–water partition coefficient (Wildman–Crippen LogP) is 4.16. The van der Waals surface area contributed by atoms with Crippen LogP contribution in [0.25, 0.3) is 11.4 Å². The van der Waals surface area contributed by atoms with Crippen LogP contribution in [0.15, 0.2) is 10.7 Å². The number of fused-ring (bicyclic) bond motifs is 3. The molecule has 0 aliphatic heterocycles. The summed E-state index contributed by atoms with van der Waals surface area (Å²) in [5.74, 6) is 1.06. The fourth-order valence-electron chi connectivity index (χ4n) is 5.03. The second-order valence-corrected chi connectivity index (χ2v) is 8.96. The van der Waals surface area contributed by atoms with E-state index in [-0.39, 0.29) is 6.10 Å². The highest BCUT2D eigenvalue weighted by Gasteiger charge is 2.53. The van der Waals surface area contributed by atoms with E-state index in [1.54, 1.807) is 10.9 Å². The average Bonchev–Trinajstić information content (AvgIpc) is 3.38. The van der Waals surface area contributed by atoms with Gasteiger partial charge in [0.15, 0.2) is 0 Å². The van der Waals surface area contributed by atoms with Crippen LogP contribution in [-0.4, -0.2) is 32.1 Å². The van der Waals surface area contributed by atoms with Gasteiger partial charge in [0.2, 0.25) is 0 Å². The molecule has 4 aliphatic rings. The molecule has 4 fully saturated rings. The van der Waals surface area contributed by atoms with E-state index in [9.17, 15) is 9.90 Å². The van der Waals surface area contributed by atoms with Crippen molar-refractivity contribution in [3.8, 4) is 11.4 Å². The minimum absolute atomic E-state index is 0.269. The number of carbonyl (C=O) groups is 1. The number of halogens is 1. The Hall–Kier alpha value is -1.86. The Morgan fingerprint density at radius 3 is 2.75 bits per heavy atom. The van der Waals surface area contributed by atoms with E-state index >= 15 is 0 Å². The highest BCUT2D eigenvalue weighted by Crippen LogP contribution is 2.52. The third-order valence-electron chi connectivity index (χ3n) is 6.90. The normalized spacial score (nSPS) is 29.4. The van der Waals surface area contributed by atoms with Crippen molar-refractivity contribution >= 4 is 17.6 Å². The molecule has 1 atom stereocenters. The molecule has 0 radical (unpaired) electrons. The van der Waals surface area contributed by atoms with Gasteiger partial charge in [0, 0.05) is 13.0 Å². The summed E-state index contributed by atoms with van der Waals surface area (Å²) in [5, 5.41) is 18.9. The molecule has 4 aliphatic carbocycles. The van der Waals surface area contributed by atoms with E-state index in [0.29, 0.717) is 47.7 Å². The summed E-state index contributed by atoms with van der Waals surface area (Å²) < 4.78 is 13.7. The molecule has 28 heavy (non-hydrogen) atoms. The summed E-state index contributed by atoms with van der Waals surface area (Å²) in [6, 6.07) is 0. The SMILES string of the molecule is Cn1ncc(Cl)c1-c1noc(C2CC2)c1COC1CC2CCC1(C(=O)O)CC2. The molecule has 0 saturated heterocycles. The standard InChI is InChI=1S/C20H24ClN3O4/c1-24-17(14(21)9-22-24)16-13(18(28-23-16)12-2-3-12)10-27-15-8-11-4-6-20(15,7-5-11)19(25)26/h9,11-12,15H,2-8,10H2,1H3,(H,25,26). The summed E-state index contributed by atoms with van der Waals surface area (Å²) in [6.07, 6.45) is 7.68. The molecule has 0 amide bonds. The van der Waals surface area contributed by atoms with E-state index < -0.39 is 11.4 Å². The first-order chi connectivity index (χ1) is 13.5. The number of hydrogen-bond acceptors (Lipinski definition) is 5. The van der Waals surface area contributed by atoms with E-state index in [1.807, 2.05) is 7.05 Å². The molecule has 150 valence electrons. The zero-order chi connectivity index (χ0) is 19.5. The Bertz CT molecular complexity index is 889. The first-order valence-corrected chi connectivity index (χ1v) is 10.4. The lowest BCUT2D eigenvalue weighted by Crippen LogP contribution is -2.51. The lowest BCUT2D eigenvalue weighted by Gasteiger charge is -2.48. The number of carboxylic acid groups (broad SMARTS) is 1. The molecule has 7 nitrogen and oxygen atoms in total. The monoisotopic (exact) mass is 405 g/mol. The van der Waals surface area contributed by atoms with E-state index in [2.05, 4.69) is 10.3 Å². The molecule has 1 N–H and O–H groups in total. The second kappa shape index (κ2) is 6.59. The summed E-state index contributed by atoms with van der Waals surface area (Å²) >= 11 is 6.34. The van der Waals surface area contributed by atoms with Gasteiger partial charge in [-0.2, -0.15) is 5.10 Å². The molecule has 0 spiro atoms. The molecule has 4 saturated carbocycles. The molecule has 6 rings (SSSR count). The van der Waals surface area contributed by atoms with Crippen molar-refractivity contribution in [1.82, 2.24) is 14.9 Å². The van der Waals surface area contributed by atoms with E-state index in [4.69, 9.17) is 20.9 Å². The lowest BCUT2D eigenvalue weighted by molar-refractivity contribution is -0.178. The molecule has 0 aromatic carbocycles. The second-order valence-electron chi connectivity index (χ2n) is 8.55. The molecule has 2 aromatic rings. The van der Waals surface area contributed by atoms with Gasteiger partial charge < -0.3 is 14.4 Å². The minimum atomic E-state index is -0.754. The summed E-state index contributed by atoms with van der Waals surface area (Å²) in [4.78, 5) is 12.1. The van der Waals surface area contributed by atoms with Crippen molar-refractivity contribution in [2.75, 3.05) is 0 Å². The maximum absolute atomic E-state index is 12.1. The van der Waals surface area contributed by atoms with Crippen molar-refractivity contribution in [1.29, 1.82) is 0 Å². The van der Waals surface area contributed by atoms with Crippen molar-refractivity contribution < 1.29 is 19.2 Å². The Labute approximate surface area is 168 Å². The fraction of sp³-hybridized carbons (Fsp3) is 0.650. The van der Waals surface area contributed by atoms with Gasteiger partial charge in [0.25, 0.3) is 0 Å². The molecule has 2 aromatic heterocycles. The molecule has 1 unspecified atom stereocenters. The Morgan fingerprint density at radius 2 is 2.14 bits per heavy atom. The predicted molar refractivity (Wildman–Crippen MR) is 101 cm³/mol. The minimum Gasteiger partial charge on any atom is -0.481 e. The maximum Gasteiger partial charge on any atom is 0.312 e. The van der Waals surface area contributed by atoms with Crippen molar-refractivity contribution in [3.05, 3.63) is 22.5 Å². The van der Waals surface area contributed by atoms with Gasteiger partial charge in [-0.25, -0.2) is 0 Å². The van der Waals surface area contributed by atoms with E-state index in [0.717, 1.165) is 43.4 Å². The van der Waals surface area contributed by atoms with Crippen LogP contribution in [-0.2, 0) is 23.2 Å². The van der Waals surface area contributed by atoms with Gasteiger partial charge >= 0.3 is 5.97 Å². The van der Waals surface area contributed by atoms with Crippen molar-refractivity contribution in [2.45, 2.75) is 63.6 Å². The molecule has 2 bridgehead atoms. The largest absolute Gasteiger partial charge is 0.481 e. The van der Waals surface area contributed by atoms with Crippen molar-refractivity contribution in [3.63, 3.8) is 0 Å². The van der Waals surface area contributed by atoms with Crippen LogP contribution < -0.4 is 0 Å². The average molecular weight is 406 g/mol. The number of aryl methyl sites for hydroxylation is 1. The van der Waals surface area contributed by atoms with Crippen LogP contribution in [0.1, 0.15) is 62.2 Å². The molecular weight excluding hydrogens is 382 g/mol. The van der Waals surface area contributed by atoms with Gasteiger partial charge in [-0.1, -0.05) is 16.8 Å². The molecular formula is C20H24ClN3O4.